The molecule has 1 aliphatic carbocycles. The van der Waals surface area contributed by atoms with E-state index in [1.807, 2.05) is 0 Å². The summed E-state index contributed by atoms with van der Waals surface area (Å²) in [6.45, 7) is 1.45. The van der Waals surface area contributed by atoms with E-state index in [0.717, 1.165) is 30.7 Å². The van der Waals surface area contributed by atoms with Crippen LogP contribution in [0.5, 0.6) is 0 Å². The van der Waals surface area contributed by atoms with Gasteiger partial charge in [0.1, 0.15) is 12.7 Å². The Morgan fingerprint density at radius 3 is 3.10 bits per heavy atom. The van der Waals surface area contributed by atoms with Gasteiger partial charge in [-0.15, -0.1) is 11.3 Å². The van der Waals surface area contributed by atoms with Crippen molar-refractivity contribution in [3.05, 3.63) is 34.0 Å². The lowest BCUT2D eigenvalue weighted by molar-refractivity contribution is 0.0956. The molecule has 1 aliphatic rings. The van der Waals surface area contributed by atoms with Gasteiger partial charge >= 0.3 is 0 Å². The molecule has 0 saturated heterocycles. The molecule has 5 nitrogen and oxygen atoms in total. The maximum atomic E-state index is 12.2. The van der Waals surface area contributed by atoms with Crippen LogP contribution in [-0.4, -0.2) is 27.2 Å². The Labute approximate surface area is 128 Å². The van der Waals surface area contributed by atoms with Gasteiger partial charge in [-0.1, -0.05) is 6.42 Å². The van der Waals surface area contributed by atoms with Gasteiger partial charge in [0.2, 0.25) is 0 Å². The minimum absolute atomic E-state index is 0.0617. The molecule has 1 N–H and O–H groups in total. The van der Waals surface area contributed by atoms with Crippen LogP contribution in [-0.2, 0) is 19.4 Å². The third kappa shape index (κ3) is 3.69. The molecule has 0 fully saturated rings. The lowest BCUT2D eigenvalue weighted by atomic mass is 10.1. The first-order valence-corrected chi connectivity index (χ1v) is 8.37. The second-order valence-corrected chi connectivity index (χ2v) is 6.52. The average Bonchev–Trinajstić information content (AvgIpc) is 3.09. The van der Waals surface area contributed by atoms with Crippen LogP contribution in [0.2, 0.25) is 0 Å². The summed E-state index contributed by atoms with van der Waals surface area (Å²) < 4.78 is 1.78. The Morgan fingerprint density at radius 1 is 1.33 bits per heavy atom. The van der Waals surface area contributed by atoms with E-state index in [-0.39, 0.29) is 5.91 Å². The van der Waals surface area contributed by atoms with E-state index in [2.05, 4.69) is 21.5 Å². The highest BCUT2D eigenvalue weighted by Crippen LogP contribution is 2.28. The molecule has 2 aromatic rings. The van der Waals surface area contributed by atoms with Crippen molar-refractivity contribution in [3.63, 3.8) is 0 Å². The van der Waals surface area contributed by atoms with Gasteiger partial charge in [0.05, 0.1) is 4.88 Å². The van der Waals surface area contributed by atoms with Crippen LogP contribution in [0.1, 0.15) is 45.8 Å². The highest BCUT2D eigenvalue weighted by molar-refractivity contribution is 7.14. The van der Waals surface area contributed by atoms with Gasteiger partial charge in [-0.05, 0) is 43.7 Å². The summed E-state index contributed by atoms with van der Waals surface area (Å²) in [5, 5.41) is 7.03. The van der Waals surface area contributed by atoms with E-state index >= 15 is 0 Å². The predicted octanol–water partition coefficient (Wildman–Crippen LogP) is 2.43. The van der Waals surface area contributed by atoms with Crippen LogP contribution >= 0.6 is 11.3 Å². The lowest BCUT2D eigenvalue weighted by Gasteiger charge is -2.03. The lowest BCUT2D eigenvalue weighted by Crippen LogP contribution is -2.24. The van der Waals surface area contributed by atoms with Crippen molar-refractivity contribution < 1.29 is 4.79 Å². The normalized spacial score (nSPS) is 14.5. The molecule has 0 saturated carbocycles. The van der Waals surface area contributed by atoms with Crippen LogP contribution in [0, 0.1) is 0 Å². The van der Waals surface area contributed by atoms with Crippen LogP contribution in [0.15, 0.2) is 18.7 Å². The zero-order valence-electron chi connectivity index (χ0n) is 12.0. The second kappa shape index (κ2) is 6.85. The SMILES string of the molecule is O=C(NCCCn1cncn1)c1cc2c(s1)CCCCC2. The Morgan fingerprint density at radius 2 is 2.24 bits per heavy atom. The molecule has 0 radical (unpaired) electrons. The van der Waals surface area contributed by atoms with Crippen LogP contribution in [0.25, 0.3) is 0 Å². The summed E-state index contributed by atoms with van der Waals surface area (Å²) in [4.78, 5) is 18.3. The van der Waals surface area contributed by atoms with E-state index in [4.69, 9.17) is 0 Å². The minimum Gasteiger partial charge on any atom is -0.351 e. The van der Waals surface area contributed by atoms with E-state index in [1.165, 1.54) is 36.0 Å². The molecule has 0 bridgehead atoms. The molecular weight excluding hydrogens is 284 g/mol. The van der Waals surface area contributed by atoms with Crippen LogP contribution in [0.4, 0.5) is 0 Å². The number of aromatic nitrogens is 3. The Hall–Kier alpha value is -1.69. The second-order valence-electron chi connectivity index (χ2n) is 5.39. The van der Waals surface area contributed by atoms with Crippen LogP contribution in [0.3, 0.4) is 0 Å². The standard InChI is InChI=1S/C15H20N4OS/c20-15(17-7-4-8-19-11-16-10-18-19)14-9-12-5-2-1-3-6-13(12)21-14/h9-11H,1-8H2,(H,17,20). The van der Waals surface area contributed by atoms with Gasteiger partial charge in [0.25, 0.3) is 5.91 Å². The van der Waals surface area contributed by atoms with Crippen molar-refractivity contribution in [2.45, 2.75) is 45.1 Å². The molecule has 0 spiro atoms. The molecule has 3 rings (SSSR count). The Balaban J connectivity index is 1.49. The van der Waals surface area contributed by atoms with Gasteiger partial charge in [0, 0.05) is 18.0 Å². The zero-order valence-corrected chi connectivity index (χ0v) is 12.9. The van der Waals surface area contributed by atoms with E-state index in [9.17, 15) is 4.79 Å². The molecule has 0 atom stereocenters. The van der Waals surface area contributed by atoms with Crippen molar-refractivity contribution in [2.75, 3.05) is 6.54 Å². The molecule has 2 heterocycles. The number of rotatable bonds is 5. The molecular formula is C15H20N4OS. The van der Waals surface area contributed by atoms with Crippen LogP contribution < -0.4 is 5.32 Å². The number of nitrogens with one attached hydrogen (secondary N) is 1. The average molecular weight is 304 g/mol. The highest BCUT2D eigenvalue weighted by Gasteiger charge is 2.15. The summed E-state index contributed by atoms with van der Waals surface area (Å²) >= 11 is 1.67. The quantitative estimate of drug-likeness (QED) is 0.682. The van der Waals surface area contributed by atoms with Gasteiger partial charge in [-0.2, -0.15) is 5.10 Å². The molecule has 6 heteroatoms. The minimum atomic E-state index is 0.0617. The Kier molecular flexibility index (Phi) is 4.65. The van der Waals surface area contributed by atoms with Gasteiger partial charge in [0.15, 0.2) is 0 Å². The topological polar surface area (TPSA) is 59.8 Å². The number of hydrogen-bond donors (Lipinski definition) is 1. The smallest absolute Gasteiger partial charge is 0.261 e. The number of carbonyl (C=O) groups is 1. The molecule has 0 aliphatic heterocycles. The molecule has 1 amide bonds. The third-order valence-electron chi connectivity index (χ3n) is 3.79. The molecule has 112 valence electrons. The number of fused-ring (bicyclic) bond motifs is 1. The fourth-order valence-corrected chi connectivity index (χ4v) is 3.83. The van der Waals surface area contributed by atoms with Crippen molar-refractivity contribution >= 4 is 17.2 Å². The molecule has 21 heavy (non-hydrogen) atoms. The van der Waals surface area contributed by atoms with Crippen molar-refractivity contribution in [2.24, 2.45) is 0 Å². The number of nitrogens with zero attached hydrogens (tertiary/aromatic N) is 3. The van der Waals surface area contributed by atoms with Crippen molar-refractivity contribution in [1.29, 1.82) is 0 Å². The third-order valence-corrected chi connectivity index (χ3v) is 5.02. The summed E-state index contributed by atoms with van der Waals surface area (Å²) in [5.74, 6) is 0.0617. The summed E-state index contributed by atoms with van der Waals surface area (Å²) in [7, 11) is 0. The van der Waals surface area contributed by atoms with E-state index in [0.29, 0.717) is 6.54 Å². The maximum Gasteiger partial charge on any atom is 0.261 e. The number of hydrogen-bond acceptors (Lipinski definition) is 4. The first-order valence-electron chi connectivity index (χ1n) is 7.55. The highest BCUT2D eigenvalue weighted by atomic mass is 32.1. The van der Waals surface area contributed by atoms with Gasteiger partial charge in [-0.3, -0.25) is 9.48 Å². The number of amides is 1. The molecule has 2 aromatic heterocycles. The van der Waals surface area contributed by atoms with Crippen molar-refractivity contribution in [3.8, 4) is 0 Å². The first-order chi connectivity index (χ1) is 10.3. The van der Waals surface area contributed by atoms with E-state index in [1.54, 1.807) is 22.3 Å². The molecule has 0 unspecified atom stereocenters. The first kappa shape index (κ1) is 14.3. The largest absolute Gasteiger partial charge is 0.351 e. The van der Waals surface area contributed by atoms with Gasteiger partial charge < -0.3 is 5.32 Å². The summed E-state index contributed by atoms with van der Waals surface area (Å²) in [6.07, 6.45) is 10.2. The monoisotopic (exact) mass is 304 g/mol. The van der Waals surface area contributed by atoms with Crippen molar-refractivity contribution in [1.82, 2.24) is 20.1 Å². The summed E-state index contributed by atoms with van der Waals surface area (Å²) in [5.41, 5.74) is 1.39. The fraction of sp³-hybridized carbons (Fsp3) is 0.533. The van der Waals surface area contributed by atoms with Gasteiger partial charge in [-0.25, -0.2) is 4.98 Å². The Bertz CT molecular complexity index is 567. The zero-order chi connectivity index (χ0) is 14.5. The maximum absolute atomic E-state index is 12.2. The number of carbonyl (C=O) groups excluding carboxylic acids is 1. The van der Waals surface area contributed by atoms with E-state index < -0.39 is 0 Å². The predicted molar refractivity (Wildman–Crippen MR) is 82.6 cm³/mol. The fourth-order valence-electron chi connectivity index (χ4n) is 2.66. The molecule has 0 aromatic carbocycles. The number of aryl methyl sites for hydroxylation is 3. The number of thiophene rings is 1. The summed E-state index contributed by atoms with van der Waals surface area (Å²) in [6, 6.07) is 2.10.